The Kier molecular flexibility index (Phi) is 5.22. The normalized spacial score (nSPS) is 10.0. The Morgan fingerprint density at radius 2 is 2.08 bits per heavy atom. The summed E-state index contributed by atoms with van der Waals surface area (Å²) in [5.41, 5.74) is 7.81. The lowest BCUT2D eigenvalue weighted by Crippen LogP contribution is -2.18. The Morgan fingerprint density at radius 1 is 1.38 bits per heavy atom. The molecule has 0 spiro atoms. The molecule has 1 amide bonds. The largest absolute Gasteiger partial charge is 0.464 e. The first-order valence-corrected chi connectivity index (χ1v) is 7.31. The van der Waals surface area contributed by atoms with E-state index in [1.165, 1.54) is 13.3 Å². The number of nitrogens with two attached hydrogens (primary N) is 1. The maximum absolute atomic E-state index is 12.1. The van der Waals surface area contributed by atoms with E-state index in [0.717, 1.165) is 5.56 Å². The predicted octanol–water partition coefficient (Wildman–Crippen LogP) is 1.40. The number of ether oxygens (including phenoxy) is 1. The number of aryl methyl sites for hydroxylation is 1. The third-order valence-corrected chi connectivity index (χ3v) is 3.69. The quantitative estimate of drug-likeness (QED) is 0.807. The minimum atomic E-state index is -0.630. The number of hydrogen-bond donors (Lipinski definition) is 2. The van der Waals surface area contributed by atoms with Gasteiger partial charge in [-0.15, -0.1) is 0 Å². The zero-order chi connectivity index (χ0) is 17.7. The molecule has 1 aromatic carbocycles. The van der Waals surface area contributed by atoms with Gasteiger partial charge in [0.15, 0.2) is 5.69 Å². The highest BCUT2D eigenvalue weighted by Crippen LogP contribution is 2.27. The van der Waals surface area contributed by atoms with Crippen molar-refractivity contribution < 1.29 is 14.3 Å². The van der Waals surface area contributed by atoms with Gasteiger partial charge in [-0.3, -0.25) is 4.79 Å². The minimum Gasteiger partial charge on any atom is -0.464 e. The Bertz CT molecular complexity index is 818. The van der Waals surface area contributed by atoms with Crippen molar-refractivity contribution in [3.05, 3.63) is 47.3 Å². The van der Waals surface area contributed by atoms with Gasteiger partial charge in [-0.25, -0.2) is 4.79 Å². The smallest absolute Gasteiger partial charge is 0.357 e. The van der Waals surface area contributed by atoms with Crippen molar-refractivity contribution in [1.82, 2.24) is 9.88 Å². The van der Waals surface area contributed by atoms with Crippen LogP contribution in [0.25, 0.3) is 5.69 Å². The average Bonchev–Trinajstić information content (AvgIpc) is 2.95. The Hall–Kier alpha value is -3.27. The van der Waals surface area contributed by atoms with E-state index in [9.17, 15) is 14.9 Å². The minimum absolute atomic E-state index is 0.0745. The second kappa shape index (κ2) is 7.33. The van der Waals surface area contributed by atoms with Crippen LogP contribution < -0.4 is 11.1 Å². The number of rotatable bonds is 5. The summed E-state index contributed by atoms with van der Waals surface area (Å²) in [7, 11) is 2.83. The molecule has 124 valence electrons. The summed E-state index contributed by atoms with van der Waals surface area (Å²) in [6, 6.07) is 9.28. The van der Waals surface area contributed by atoms with E-state index < -0.39 is 5.97 Å². The number of carbonyl (C=O) groups excluding carboxylic acids is 2. The topological polar surface area (TPSA) is 110 Å². The summed E-state index contributed by atoms with van der Waals surface area (Å²) < 4.78 is 6.32. The van der Waals surface area contributed by atoms with Crippen LogP contribution in [-0.4, -0.2) is 30.6 Å². The summed E-state index contributed by atoms with van der Waals surface area (Å²) in [4.78, 5) is 23.6. The zero-order valence-corrected chi connectivity index (χ0v) is 13.5. The molecule has 0 aliphatic carbocycles. The number of nitrogens with zero attached hydrogens (tertiary/aromatic N) is 2. The molecule has 0 aliphatic heterocycles. The van der Waals surface area contributed by atoms with Crippen molar-refractivity contribution in [1.29, 1.82) is 5.26 Å². The molecule has 0 aliphatic rings. The van der Waals surface area contributed by atoms with Crippen molar-refractivity contribution in [2.75, 3.05) is 19.9 Å². The number of amides is 1. The molecule has 7 nitrogen and oxygen atoms in total. The lowest BCUT2D eigenvalue weighted by molar-refractivity contribution is -0.120. The highest BCUT2D eigenvalue weighted by Gasteiger charge is 2.22. The van der Waals surface area contributed by atoms with Gasteiger partial charge in [0, 0.05) is 25.4 Å². The number of methoxy groups -OCH3 is 1. The van der Waals surface area contributed by atoms with E-state index in [-0.39, 0.29) is 22.9 Å². The van der Waals surface area contributed by atoms with Gasteiger partial charge in [0.25, 0.3) is 0 Å². The first-order valence-electron chi connectivity index (χ1n) is 7.31. The van der Waals surface area contributed by atoms with E-state index in [0.29, 0.717) is 18.5 Å². The SMILES string of the molecule is CNC(=O)CCc1ccccc1-n1cc(C#N)c(N)c1C(=O)OC. The summed E-state index contributed by atoms with van der Waals surface area (Å²) in [5, 5.41) is 11.8. The zero-order valence-electron chi connectivity index (χ0n) is 13.5. The summed E-state index contributed by atoms with van der Waals surface area (Å²) in [6.45, 7) is 0. The number of nitrogens with one attached hydrogen (secondary N) is 1. The number of nitrogen functional groups attached to an aromatic ring is 1. The molecule has 3 N–H and O–H groups in total. The fraction of sp³-hybridized carbons (Fsp3) is 0.235. The molecule has 2 aromatic rings. The highest BCUT2D eigenvalue weighted by molar-refractivity contribution is 5.96. The summed E-state index contributed by atoms with van der Waals surface area (Å²) in [5.74, 6) is -0.710. The molecule has 0 saturated heterocycles. The van der Waals surface area contributed by atoms with Gasteiger partial charge in [-0.1, -0.05) is 18.2 Å². The van der Waals surface area contributed by atoms with E-state index in [1.807, 2.05) is 24.3 Å². The van der Waals surface area contributed by atoms with E-state index in [1.54, 1.807) is 17.7 Å². The molecule has 2 rings (SSSR count). The number of esters is 1. The van der Waals surface area contributed by atoms with Crippen molar-refractivity contribution in [2.45, 2.75) is 12.8 Å². The molecular weight excluding hydrogens is 308 g/mol. The van der Waals surface area contributed by atoms with Crippen LogP contribution >= 0.6 is 0 Å². The second-order valence-corrected chi connectivity index (χ2v) is 5.08. The molecule has 0 unspecified atom stereocenters. The van der Waals surface area contributed by atoms with Crippen LogP contribution in [0.2, 0.25) is 0 Å². The van der Waals surface area contributed by atoms with Gasteiger partial charge in [0.1, 0.15) is 6.07 Å². The Balaban J connectivity index is 2.55. The van der Waals surface area contributed by atoms with Crippen molar-refractivity contribution in [3.63, 3.8) is 0 Å². The lowest BCUT2D eigenvalue weighted by Gasteiger charge is -2.13. The number of nitriles is 1. The highest BCUT2D eigenvalue weighted by atomic mass is 16.5. The van der Waals surface area contributed by atoms with Gasteiger partial charge in [-0.05, 0) is 18.1 Å². The third-order valence-electron chi connectivity index (χ3n) is 3.69. The summed E-state index contributed by atoms with van der Waals surface area (Å²) in [6.07, 6.45) is 2.29. The molecule has 7 heteroatoms. The van der Waals surface area contributed by atoms with Gasteiger partial charge >= 0.3 is 5.97 Å². The fourth-order valence-electron chi connectivity index (χ4n) is 2.44. The van der Waals surface area contributed by atoms with Gasteiger partial charge in [0.2, 0.25) is 5.91 Å². The van der Waals surface area contributed by atoms with Crippen LogP contribution in [0.15, 0.2) is 30.5 Å². The van der Waals surface area contributed by atoms with Crippen LogP contribution in [0.5, 0.6) is 0 Å². The Labute approximate surface area is 139 Å². The number of anilines is 1. The first kappa shape index (κ1) is 17.1. The number of aromatic nitrogens is 1. The monoisotopic (exact) mass is 326 g/mol. The van der Waals surface area contributed by atoms with Crippen LogP contribution in [0.1, 0.15) is 28.0 Å². The van der Waals surface area contributed by atoms with E-state index >= 15 is 0 Å². The number of benzene rings is 1. The first-order chi connectivity index (χ1) is 11.5. The molecule has 24 heavy (non-hydrogen) atoms. The molecule has 1 aromatic heterocycles. The number of para-hydroxylation sites is 1. The van der Waals surface area contributed by atoms with Gasteiger partial charge in [-0.2, -0.15) is 5.26 Å². The van der Waals surface area contributed by atoms with Crippen LogP contribution in [0, 0.1) is 11.3 Å². The van der Waals surface area contributed by atoms with E-state index in [4.69, 9.17) is 10.5 Å². The molecule has 0 fully saturated rings. The van der Waals surface area contributed by atoms with Crippen molar-refractivity contribution in [3.8, 4) is 11.8 Å². The van der Waals surface area contributed by atoms with Crippen LogP contribution in [0.3, 0.4) is 0 Å². The number of hydrogen-bond acceptors (Lipinski definition) is 5. The molecule has 0 saturated carbocycles. The second-order valence-electron chi connectivity index (χ2n) is 5.08. The van der Waals surface area contributed by atoms with E-state index in [2.05, 4.69) is 5.32 Å². The molecule has 1 heterocycles. The van der Waals surface area contributed by atoms with Crippen LogP contribution in [-0.2, 0) is 16.0 Å². The number of carbonyl (C=O) groups is 2. The van der Waals surface area contributed by atoms with Crippen LogP contribution in [0.4, 0.5) is 5.69 Å². The molecule has 0 bridgehead atoms. The third kappa shape index (κ3) is 3.22. The van der Waals surface area contributed by atoms with Crippen molar-refractivity contribution >= 4 is 17.6 Å². The van der Waals surface area contributed by atoms with Gasteiger partial charge in [0.05, 0.1) is 18.4 Å². The Morgan fingerprint density at radius 3 is 2.71 bits per heavy atom. The predicted molar refractivity (Wildman–Crippen MR) is 88.6 cm³/mol. The molecule has 0 atom stereocenters. The fourth-order valence-corrected chi connectivity index (χ4v) is 2.44. The summed E-state index contributed by atoms with van der Waals surface area (Å²) >= 11 is 0. The molecular formula is C17H18N4O3. The maximum Gasteiger partial charge on any atom is 0.357 e. The molecule has 0 radical (unpaired) electrons. The lowest BCUT2D eigenvalue weighted by atomic mass is 10.1. The van der Waals surface area contributed by atoms with Gasteiger partial charge < -0.3 is 20.4 Å². The van der Waals surface area contributed by atoms with Crippen molar-refractivity contribution in [2.24, 2.45) is 0 Å². The average molecular weight is 326 g/mol. The standard InChI is InChI=1S/C17H18N4O3/c1-20-14(22)8-7-11-5-3-4-6-13(11)21-10-12(9-18)15(19)16(21)17(23)24-2/h3-6,10H,7-8,19H2,1-2H3,(H,20,22). The maximum atomic E-state index is 12.1.